The molecule has 1 amide bonds. The lowest BCUT2D eigenvalue weighted by Crippen LogP contribution is -2.31. The van der Waals surface area contributed by atoms with Gasteiger partial charge in [-0.1, -0.05) is 57.7 Å². The van der Waals surface area contributed by atoms with E-state index in [1.807, 2.05) is 4.90 Å². The molecule has 0 bridgehead atoms. The highest BCUT2D eigenvalue weighted by molar-refractivity contribution is 8.15. The number of para-hydroxylation sites is 1. The molecule has 132 valence electrons. The third-order valence-electron chi connectivity index (χ3n) is 4.14. The van der Waals surface area contributed by atoms with Gasteiger partial charge in [0.2, 0.25) is 5.91 Å². The molecule has 2 rings (SSSR count). The van der Waals surface area contributed by atoms with E-state index in [1.165, 1.54) is 22.9 Å². The highest BCUT2D eigenvalue weighted by atomic mass is 32.2. The van der Waals surface area contributed by atoms with E-state index < -0.39 is 0 Å². The highest BCUT2D eigenvalue weighted by Crippen LogP contribution is 2.36. The molecule has 0 saturated carbocycles. The number of nitrogens with zero attached hydrogens (tertiary/aromatic N) is 2. The van der Waals surface area contributed by atoms with E-state index in [9.17, 15) is 4.79 Å². The Morgan fingerprint density at radius 3 is 2.38 bits per heavy atom. The predicted molar refractivity (Wildman–Crippen MR) is 102 cm³/mol. The fourth-order valence-corrected chi connectivity index (χ4v) is 3.72. The topological polar surface area (TPSA) is 41.9 Å². The van der Waals surface area contributed by atoms with Crippen molar-refractivity contribution in [1.29, 1.82) is 0 Å². The number of hydrogen-bond donors (Lipinski definition) is 0. The monoisotopic (exact) mass is 348 g/mol. The molecule has 0 unspecified atom stereocenters. The van der Waals surface area contributed by atoms with Crippen LogP contribution in [0.5, 0.6) is 0 Å². The average Bonchev–Trinajstić information content (AvgIpc) is 2.88. The van der Waals surface area contributed by atoms with E-state index in [1.54, 1.807) is 7.11 Å². The second-order valence-electron chi connectivity index (χ2n) is 6.67. The van der Waals surface area contributed by atoms with Crippen molar-refractivity contribution in [3.05, 3.63) is 29.3 Å². The molecule has 1 aliphatic rings. The van der Waals surface area contributed by atoms with Gasteiger partial charge in [0, 0.05) is 20.3 Å². The molecule has 5 heteroatoms. The van der Waals surface area contributed by atoms with E-state index in [-0.39, 0.29) is 5.91 Å². The number of thioether (sulfide) groups is 1. The molecule has 1 saturated heterocycles. The lowest BCUT2D eigenvalue weighted by molar-refractivity contribution is -0.124. The Labute approximate surface area is 149 Å². The van der Waals surface area contributed by atoms with Gasteiger partial charge in [0.15, 0.2) is 5.17 Å². The number of amides is 1. The fourth-order valence-electron chi connectivity index (χ4n) is 2.81. The summed E-state index contributed by atoms with van der Waals surface area (Å²) in [6, 6.07) is 6.40. The first-order valence-electron chi connectivity index (χ1n) is 8.59. The zero-order chi connectivity index (χ0) is 17.7. The molecule has 0 aliphatic carbocycles. The van der Waals surface area contributed by atoms with Crippen molar-refractivity contribution in [1.82, 2.24) is 4.90 Å². The predicted octanol–water partition coefficient (Wildman–Crippen LogP) is 4.53. The smallest absolute Gasteiger partial charge is 0.239 e. The normalized spacial score (nSPS) is 16.9. The zero-order valence-electron chi connectivity index (χ0n) is 15.3. The first-order chi connectivity index (χ1) is 11.5. The van der Waals surface area contributed by atoms with Crippen LogP contribution in [-0.4, -0.2) is 42.0 Å². The number of carbonyl (C=O) groups excluding carboxylic acids is 1. The summed E-state index contributed by atoms with van der Waals surface area (Å²) in [4.78, 5) is 19.0. The third kappa shape index (κ3) is 4.39. The molecule has 1 fully saturated rings. The minimum atomic E-state index is 0.142. The fraction of sp³-hybridized carbons (Fsp3) is 0.579. The number of aliphatic imine (C=N–C) groups is 1. The third-order valence-corrected chi connectivity index (χ3v) is 5.10. The Hall–Kier alpha value is -1.33. The molecule has 1 aromatic carbocycles. The van der Waals surface area contributed by atoms with Crippen LogP contribution in [0.4, 0.5) is 5.69 Å². The Bertz CT molecular complexity index is 585. The van der Waals surface area contributed by atoms with Crippen LogP contribution in [-0.2, 0) is 9.53 Å². The molecule has 0 spiro atoms. The van der Waals surface area contributed by atoms with Crippen LogP contribution in [0, 0.1) is 0 Å². The number of methoxy groups -OCH3 is 1. The Balaban J connectivity index is 2.39. The average molecular weight is 349 g/mol. The molecular weight excluding hydrogens is 320 g/mol. The minimum Gasteiger partial charge on any atom is -0.385 e. The summed E-state index contributed by atoms with van der Waals surface area (Å²) in [5.41, 5.74) is 3.52. The molecule has 1 heterocycles. The molecule has 0 N–H and O–H groups in total. The maximum Gasteiger partial charge on any atom is 0.239 e. The lowest BCUT2D eigenvalue weighted by Gasteiger charge is -2.19. The molecule has 0 atom stereocenters. The highest BCUT2D eigenvalue weighted by Gasteiger charge is 2.28. The number of rotatable bonds is 7. The first kappa shape index (κ1) is 19.0. The van der Waals surface area contributed by atoms with Crippen LogP contribution in [0.15, 0.2) is 23.2 Å². The lowest BCUT2D eigenvalue weighted by atomic mass is 9.93. The standard InChI is InChI=1S/C19H28N2O2S/c1-13(2)15-8-6-9-16(14(3)4)18(15)20-19-21(10-7-11-23-5)17(22)12-24-19/h6,8-9,13-14H,7,10-12H2,1-5H3. The number of carbonyl (C=O) groups is 1. The van der Waals surface area contributed by atoms with Crippen LogP contribution >= 0.6 is 11.8 Å². The second-order valence-corrected chi connectivity index (χ2v) is 7.61. The van der Waals surface area contributed by atoms with Crippen molar-refractivity contribution >= 4 is 28.5 Å². The number of amidine groups is 1. The molecule has 24 heavy (non-hydrogen) atoms. The van der Waals surface area contributed by atoms with Gasteiger partial charge < -0.3 is 4.74 Å². The van der Waals surface area contributed by atoms with Crippen LogP contribution in [0.3, 0.4) is 0 Å². The summed E-state index contributed by atoms with van der Waals surface area (Å²) < 4.78 is 5.11. The van der Waals surface area contributed by atoms with Crippen molar-refractivity contribution in [3.8, 4) is 0 Å². The van der Waals surface area contributed by atoms with Crippen molar-refractivity contribution < 1.29 is 9.53 Å². The van der Waals surface area contributed by atoms with Gasteiger partial charge >= 0.3 is 0 Å². The van der Waals surface area contributed by atoms with E-state index in [4.69, 9.17) is 9.73 Å². The Morgan fingerprint density at radius 2 is 1.83 bits per heavy atom. The van der Waals surface area contributed by atoms with Crippen LogP contribution in [0.25, 0.3) is 0 Å². The van der Waals surface area contributed by atoms with E-state index in [0.29, 0.717) is 30.7 Å². The molecule has 0 radical (unpaired) electrons. The van der Waals surface area contributed by atoms with Gasteiger partial charge in [0.25, 0.3) is 0 Å². The summed E-state index contributed by atoms with van der Waals surface area (Å²) in [5.74, 6) is 1.41. The van der Waals surface area contributed by atoms with Crippen molar-refractivity contribution in [2.75, 3.05) is 26.0 Å². The van der Waals surface area contributed by atoms with Gasteiger partial charge in [-0.2, -0.15) is 0 Å². The first-order valence-corrected chi connectivity index (χ1v) is 9.57. The molecule has 0 aromatic heterocycles. The van der Waals surface area contributed by atoms with E-state index in [0.717, 1.165) is 17.3 Å². The van der Waals surface area contributed by atoms with Gasteiger partial charge in [-0.3, -0.25) is 9.69 Å². The van der Waals surface area contributed by atoms with Gasteiger partial charge in [-0.25, -0.2) is 4.99 Å². The van der Waals surface area contributed by atoms with Gasteiger partial charge in [0.1, 0.15) is 0 Å². The van der Waals surface area contributed by atoms with E-state index >= 15 is 0 Å². The quantitative estimate of drug-likeness (QED) is 0.680. The van der Waals surface area contributed by atoms with Crippen molar-refractivity contribution in [2.45, 2.75) is 46.0 Å². The number of hydrogen-bond acceptors (Lipinski definition) is 4. The Kier molecular flexibility index (Phi) is 6.87. The molecule has 1 aliphatic heterocycles. The van der Waals surface area contributed by atoms with Gasteiger partial charge in [-0.15, -0.1) is 0 Å². The Morgan fingerprint density at radius 1 is 1.21 bits per heavy atom. The largest absolute Gasteiger partial charge is 0.385 e. The summed E-state index contributed by atoms with van der Waals surface area (Å²) in [6.07, 6.45) is 0.824. The summed E-state index contributed by atoms with van der Waals surface area (Å²) >= 11 is 1.54. The summed E-state index contributed by atoms with van der Waals surface area (Å²) in [6.45, 7) is 10.1. The SMILES string of the molecule is COCCCN1C(=O)CSC1=Nc1c(C(C)C)cccc1C(C)C. The molecule has 1 aromatic rings. The van der Waals surface area contributed by atoms with Crippen molar-refractivity contribution in [3.63, 3.8) is 0 Å². The van der Waals surface area contributed by atoms with Gasteiger partial charge in [-0.05, 0) is 29.4 Å². The maximum atomic E-state index is 12.2. The summed E-state index contributed by atoms with van der Waals surface area (Å²) in [7, 11) is 1.68. The van der Waals surface area contributed by atoms with Gasteiger partial charge in [0.05, 0.1) is 11.4 Å². The second kappa shape index (κ2) is 8.67. The van der Waals surface area contributed by atoms with Crippen LogP contribution < -0.4 is 0 Å². The minimum absolute atomic E-state index is 0.142. The maximum absolute atomic E-state index is 12.2. The molecule has 4 nitrogen and oxygen atoms in total. The molecular formula is C19H28N2O2S. The number of benzene rings is 1. The van der Waals surface area contributed by atoms with Crippen LogP contribution in [0.2, 0.25) is 0 Å². The zero-order valence-corrected chi connectivity index (χ0v) is 16.2. The van der Waals surface area contributed by atoms with Crippen LogP contribution in [0.1, 0.15) is 57.1 Å². The number of ether oxygens (including phenoxy) is 1. The van der Waals surface area contributed by atoms with E-state index in [2.05, 4.69) is 45.9 Å². The van der Waals surface area contributed by atoms with Crippen molar-refractivity contribution in [2.24, 2.45) is 4.99 Å². The summed E-state index contributed by atoms with van der Waals surface area (Å²) in [5, 5.41) is 0.825.